The summed E-state index contributed by atoms with van der Waals surface area (Å²) < 4.78 is 1.53. The molecule has 1 N–H and O–H groups in total. The maximum absolute atomic E-state index is 11.0. The Bertz CT molecular complexity index is 440. The van der Waals surface area contributed by atoms with Gasteiger partial charge in [0.25, 0.3) is 0 Å². The first-order valence-corrected chi connectivity index (χ1v) is 3.32. The van der Waals surface area contributed by atoms with E-state index in [2.05, 4.69) is 10.2 Å². The fourth-order valence-corrected chi connectivity index (χ4v) is 1.11. The number of aryl methyl sites for hydroxylation is 1. The Hall–Kier alpha value is -1.58. The minimum Gasteiger partial charge on any atom is -0.248 e. The van der Waals surface area contributed by atoms with Gasteiger partial charge in [-0.1, -0.05) is 6.07 Å². The third-order valence-electron chi connectivity index (χ3n) is 1.63. The van der Waals surface area contributed by atoms with E-state index in [0.29, 0.717) is 5.65 Å². The second-order valence-corrected chi connectivity index (χ2v) is 2.39. The molecule has 0 radical (unpaired) electrons. The van der Waals surface area contributed by atoms with Gasteiger partial charge in [0, 0.05) is 5.69 Å². The van der Waals surface area contributed by atoms with Crippen LogP contribution in [0.3, 0.4) is 0 Å². The standard InChI is InChI=1S/C7H7N3O/c1-5-3-2-4-6-8-9-7(11)10(5)6/h2-4H,1H3,(H,9,11). The molecule has 0 aliphatic carbocycles. The van der Waals surface area contributed by atoms with Crippen molar-refractivity contribution in [3.05, 3.63) is 34.4 Å². The molecule has 11 heavy (non-hydrogen) atoms. The molecule has 0 spiro atoms. The minimum absolute atomic E-state index is 0.182. The molecule has 0 aliphatic rings. The van der Waals surface area contributed by atoms with Crippen LogP contribution in [0.2, 0.25) is 0 Å². The molecule has 2 heterocycles. The Balaban J connectivity index is 3.08. The summed E-state index contributed by atoms with van der Waals surface area (Å²) in [6.07, 6.45) is 0. The van der Waals surface area contributed by atoms with Gasteiger partial charge in [-0.15, -0.1) is 0 Å². The first-order chi connectivity index (χ1) is 5.29. The quantitative estimate of drug-likeness (QED) is 0.586. The van der Waals surface area contributed by atoms with Crippen molar-refractivity contribution in [3.8, 4) is 0 Å². The van der Waals surface area contributed by atoms with Crippen molar-refractivity contribution in [2.24, 2.45) is 0 Å². The molecule has 0 bridgehead atoms. The summed E-state index contributed by atoms with van der Waals surface area (Å²) in [4.78, 5) is 11.0. The predicted octanol–water partition coefficient (Wildman–Crippen LogP) is 0.331. The van der Waals surface area contributed by atoms with Gasteiger partial charge < -0.3 is 0 Å². The molecular weight excluding hydrogens is 142 g/mol. The molecular formula is C7H7N3O. The molecule has 0 saturated heterocycles. The van der Waals surface area contributed by atoms with Gasteiger partial charge in [0.15, 0.2) is 5.65 Å². The molecule has 2 aromatic rings. The van der Waals surface area contributed by atoms with E-state index in [4.69, 9.17) is 0 Å². The van der Waals surface area contributed by atoms with Crippen LogP contribution >= 0.6 is 0 Å². The van der Waals surface area contributed by atoms with Crippen LogP contribution in [-0.4, -0.2) is 14.6 Å². The number of H-pyrrole nitrogens is 1. The summed E-state index contributed by atoms with van der Waals surface area (Å²) in [5, 5.41) is 6.18. The molecule has 2 aromatic heterocycles. The zero-order valence-electron chi connectivity index (χ0n) is 6.03. The number of pyridine rings is 1. The highest BCUT2D eigenvalue weighted by Crippen LogP contribution is 1.98. The van der Waals surface area contributed by atoms with E-state index < -0.39 is 0 Å². The smallest absolute Gasteiger partial charge is 0.248 e. The van der Waals surface area contributed by atoms with Gasteiger partial charge in [-0.3, -0.25) is 0 Å². The lowest BCUT2D eigenvalue weighted by molar-refractivity contribution is 0.991. The van der Waals surface area contributed by atoms with Gasteiger partial charge in [-0.2, -0.15) is 5.10 Å². The van der Waals surface area contributed by atoms with Crippen LogP contribution in [0, 0.1) is 6.92 Å². The van der Waals surface area contributed by atoms with E-state index in [9.17, 15) is 4.79 Å². The monoisotopic (exact) mass is 149 g/mol. The molecule has 0 amide bonds. The average Bonchev–Trinajstić information content (AvgIpc) is 2.34. The van der Waals surface area contributed by atoms with Crippen molar-refractivity contribution in [2.75, 3.05) is 0 Å². The molecule has 0 aromatic carbocycles. The van der Waals surface area contributed by atoms with Gasteiger partial charge in [0.1, 0.15) is 0 Å². The average molecular weight is 149 g/mol. The first kappa shape index (κ1) is 6.15. The lowest BCUT2D eigenvalue weighted by atomic mass is 10.4. The van der Waals surface area contributed by atoms with Crippen molar-refractivity contribution in [2.45, 2.75) is 6.92 Å². The Kier molecular flexibility index (Phi) is 1.09. The van der Waals surface area contributed by atoms with Gasteiger partial charge >= 0.3 is 5.69 Å². The van der Waals surface area contributed by atoms with Crippen LogP contribution in [-0.2, 0) is 0 Å². The van der Waals surface area contributed by atoms with Gasteiger partial charge in [0.2, 0.25) is 0 Å². The van der Waals surface area contributed by atoms with Crippen molar-refractivity contribution < 1.29 is 0 Å². The van der Waals surface area contributed by atoms with Crippen LogP contribution in [0.15, 0.2) is 23.0 Å². The van der Waals surface area contributed by atoms with Crippen LogP contribution in [0.5, 0.6) is 0 Å². The van der Waals surface area contributed by atoms with Crippen molar-refractivity contribution in [1.29, 1.82) is 0 Å². The summed E-state index contributed by atoms with van der Waals surface area (Å²) in [7, 11) is 0. The molecule has 0 fully saturated rings. The Morgan fingerprint density at radius 1 is 1.55 bits per heavy atom. The summed E-state index contributed by atoms with van der Waals surface area (Å²) in [6.45, 7) is 1.86. The minimum atomic E-state index is -0.182. The Morgan fingerprint density at radius 3 is 3.09 bits per heavy atom. The van der Waals surface area contributed by atoms with Crippen LogP contribution in [0.1, 0.15) is 5.69 Å². The molecule has 4 heteroatoms. The highest BCUT2D eigenvalue weighted by atomic mass is 16.1. The number of nitrogens with zero attached hydrogens (tertiary/aromatic N) is 2. The molecule has 0 unspecified atom stereocenters. The predicted molar refractivity (Wildman–Crippen MR) is 40.5 cm³/mol. The number of aromatic amines is 1. The molecule has 4 nitrogen and oxygen atoms in total. The lowest BCUT2D eigenvalue weighted by Gasteiger charge is -1.93. The van der Waals surface area contributed by atoms with Crippen molar-refractivity contribution in [3.63, 3.8) is 0 Å². The summed E-state index contributed by atoms with van der Waals surface area (Å²) in [5.41, 5.74) is 1.37. The zero-order valence-corrected chi connectivity index (χ0v) is 6.03. The molecule has 0 saturated carbocycles. The van der Waals surface area contributed by atoms with Crippen LogP contribution < -0.4 is 5.69 Å². The van der Waals surface area contributed by atoms with Crippen molar-refractivity contribution >= 4 is 5.65 Å². The Morgan fingerprint density at radius 2 is 2.36 bits per heavy atom. The van der Waals surface area contributed by atoms with Crippen molar-refractivity contribution in [1.82, 2.24) is 14.6 Å². The third kappa shape index (κ3) is 0.756. The van der Waals surface area contributed by atoms with E-state index in [0.717, 1.165) is 5.69 Å². The lowest BCUT2D eigenvalue weighted by Crippen LogP contribution is -2.11. The highest BCUT2D eigenvalue weighted by molar-refractivity contribution is 5.37. The normalized spacial score (nSPS) is 10.6. The Labute approximate surface area is 62.5 Å². The number of fused-ring (bicyclic) bond motifs is 1. The fraction of sp³-hybridized carbons (Fsp3) is 0.143. The topological polar surface area (TPSA) is 50.2 Å². The fourth-order valence-electron chi connectivity index (χ4n) is 1.11. The maximum atomic E-state index is 11.0. The molecule has 0 aliphatic heterocycles. The second kappa shape index (κ2) is 1.95. The first-order valence-electron chi connectivity index (χ1n) is 3.32. The molecule has 2 rings (SSSR count). The second-order valence-electron chi connectivity index (χ2n) is 2.39. The van der Waals surface area contributed by atoms with Gasteiger partial charge in [-0.25, -0.2) is 14.3 Å². The van der Waals surface area contributed by atoms with E-state index in [1.165, 1.54) is 4.40 Å². The number of aromatic nitrogens is 3. The van der Waals surface area contributed by atoms with E-state index >= 15 is 0 Å². The SMILES string of the molecule is Cc1cccc2n[nH]c(=O)n12. The van der Waals surface area contributed by atoms with E-state index in [1.807, 2.05) is 19.1 Å². The van der Waals surface area contributed by atoms with E-state index in [-0.39, 0.29) is 5.69 Å². The highest BCUT2D eigenvalue weighted by Gasteiger charge is 1.98. The molecule has 0 atom stereocenters. The van der Waals surface area contributed by atoms with Crippen LogP contribution in [0.25, 0.3) is 5.65 Å². The van der Waals surface area contributed by atoms with Gasteiger partial charge in [0.05, 0.1) is 0 Å². The number of hydrogen-bond acceptors (Lipinski definition) is 2. The molecule has 56 valence electrons. The number of hydrogen-bond donors (Lipinski definition) is 1. The number of nitrogens with one attached hydrogen (secondary N) is 1. The third-order valence-corrected chi connectivity index (χ3v) is 1.63. The summed E-state index contributed by atoms with van der Waals surface area (Å²) in [6, 6.07) is 5.51. The summed E-state index contributed by atoms with van der Waals surface area (Å²) >= 11 is 0. The summed E-state index contributed by atoms with van der Waals surface area (Å²) in [5.74, 6) is 0. The zero-order chi connectivity index (χ0) is 7.84. The van der Waals surface area contributed by atoms with Crippen LogP contribution in [0.4, 0.5) is 0 Å². The van der Waals surface area contributed by atoms with Gasteiger partial charge in [-0.05, 0) is 19.1 Å². The largest absolute Gasteiger partial charge is 0.347 e. The maximum Gasteiger partial charge on any atom is 0.347 e. The van der Waals surface area contributed by atoms with E-state index in [1.54, 1.807) is 6.07 Å². The number of rotatable bonds is 0.